The molecule has 2 unspecified atom stereocenters. The maximum atomic E-state index is 11.9. The van der Waals surface area contributed by atoms with Crippen molar-refractivity contribution in [2.75, 3.05) is 6.54 Å². The average Bonchev–Trinajstić information content (AvgIpc) is 2.25. The van der Waals surface area contributed by atoms with Crippen LogP contribution in [0.2, 0.25) is 0 Å². The fourth-order valence-corrected chi connectivity index (χ4v) is 1.85. The first-order valence-corrected chi connectivity index (χ1v) is 6.30. The molecule has 0 saturated heterocycles. The van der Waals surface area contributed by atoms with Gasteiger partial charge in [-0.1, -0.05) is 6.92 Å². The van der Waals surface area contributed by atoms with Gasteiger partial charge in [0, 0.05) is 18.3 Å². The van der Waals surface area contributed by atoms with E-state index in [9.17, 15) is 9.90 Å². The average molecular weight is 253 g/mol. The molecule has 102 valence electrons. The lowest BCUT2D eigenvalue weighted by molar-refractivity contribution is 0.0533. The van der Waals surface area contributed by atoms with Crippen molar-refractivity contribution >= 4 is 0 Å². The van der Waals surface area contributed by atoms with E-state index in [-0.39, 0.29) is 11.6 Å². The van der Waals surface area contributed by atoms with E-state index in [1.807, 2.05) is 20.8 Å². The zero-order valence-corrected chi connectivity index (χ0v) is 11.8. The molecule has 2 atom stereocenters. The summed E-state index contributed by atoms with van der Waals surface area (Å²) in [4.78, 5) is 18.9. The Morgan fingerprint density at radius 1 is 1.50 bits per heavy atom. The van der Waals surface area contributed by atoms with Crippen LogP contribution in [0.3, 0.4) is 0 Å². The summed E-state index contributed by atoms with van der Waals surface area (Å²) in [6, 6.07) is -0.139. The molecule has 0 fully saturated rings. The van der Waals surface area contributed by atoms with Crippen LogP contribution in [0.15, 0.2) is 4.79 Å². The van der Waals surface area contributed by atoms with Gasteiger partial charge in [-0.05, 0) is 34.1 Å². The van der Waals surface area contributed by atoms with E-state index in [0.29, 0.717) is 24.4 Å². The van der Waals surface area contributed by atoms with Gasteiger partial charge in [-0.25, -0.2) is 4.98 Å². The van der Waals surface area contributed by atoms with Crippen LogP contribution in [0, 0.1) is 13.8 Å². The van der Waals surface area contributed by atoms with Crippen molar-refractivity contribution in [3.63, 3.8) is 0 Å². The van der Waals surface area contributed by atoms with Crippen molar-refractivity contribution in [2.45, 2.75) is 52.7 Å². The monoisotopic (exact) mass is 253 g/mol. The molecule has 0 aliphatic heterocycles. The van der Waals surface area contributed by atoms with Gasteiger partial charge in [0.25, 0.3) is 5.56 Å². The SMILES string of the molecule is CCC(C)(O)CNC(C)c1c(C)nc(C)[nH]c1=O. The van der Waals surface area contributed by atoms with Gasteiger partial charge in [0.05, 0.1) is 11.2 Å². The van der Waals surface area contributed by atoms with Gasteiger partial charge in [0.15, 0.2) is 0 Å². The molecular weight excluding hydrogens is 230 g/mol. The minimum atomic E-state index is -0.757. The molecule has 0 aromatic carbocycles. The molecule has 0 saturated carbocycles. The van der Waals surface area contributed by atoms with E-state index in [1.165, 1.54) is 0 Å². The number of aromatic nitrogens is 2. The molecule has 3 N–H and O–H groups in total. The molecule has 0 radical (unpaired) electrons. The summed E-state index contributed by atoms with van der Waals surface area (Å²) < 4.78 is 0. The summed E-state index contributed by atoms with van der Waals surface area (Å²) in [6.45, 7) is 9.64. The van der Waals surface area contributed by atoms with E-state index in [2.05, 4.69) is 15.3 Å². The first-order valence-electron chi connectivity index (χ1n) is 6.30. The molecule has 5 nitrogen and oxygen atoms in total. The van der Waals surface area contributed by atoms with Gasteiger partial charge in [0.1, 0.15) is 5.82 Å². The highest BCUT2D eigenvalue weighted by molar-refractivity contribution is 5.20. The zero-order valence-electron chi connectivity index (χ0n) is 11.8. The predicted molar refractivity (Wildman–Crippen MR) is 71.7 cm³/mol. The lowest BCUT2D eigenvalue weighted by Crippen LogP contribution is -2.39. The number of rotatable bonds is 5. The van der Waals surface area contributed by atoms with Crippen molar-refractivity contribution in [2.24, 2.45) is 0 Å². The highest BCUT2D eigenvalue weighted by Crippen LogP contribution is 2.13. The number of nitrogens with one attached hydrogen (secondary N) is 2. The third-order valence-electron chi connectivity index (χ3n) is 3.25. The van der Waals surface area contributed by atoms with E-state index >= 15 is 0 Å². The Bertz CT molecular complexity index is 466. The topological polar surface area (TPSA) is 78.0 Å². The third-order valence-corrected chi connectivity index (χ3v) is 3.25. The summed E-state index contributed by atoms with van der Waals surface area (Å²) in [7, 11) is 0. The number of nitrogens with zero attached hydrogens (tertiary/aromatic N) is 1. The molecule has 0 aliphatic carbocycles. The fraction of sp³-hybridized carbons (Fsp3) is 0.692. The number of H-pyrrole nitrogens is 1. The van der Waals surface area contributed by atoms with Crippen molar-refractivity contribution in [1.82, 2.24) is 15.3 Å². The standard InChI is InChI=1S/C13H23N3O2/c1-6-13(5,18)7-14-8(2)11-9(3)15-10(4)16-12(11)17/h8,14,18H,6-7H2,1-5H3,(H,15,16,17). The van der Waals surface area contributed by atoms with Crippen molar-refractivity contribution in [1.29, 1.82) is 0 Å². The van der Waals surface area contributed by atoms with Gasteiger partial charge in [-0.2, -0.15) is 0 Å². The molecule has 5 heteroatoms. The van der Waals surface area contributed by atoms with E-state index in [0.717, 1.165) is 5.69 Å². The summed E-state index contributed by atoms with van der Waals surface area (Å²) in [5, 5.41) is 13.1. The van der Waals surface area contributed by atoms with Crippen LogP contribution in [-0.4, -0.2) is 27.2 Å². The van der Waals surface area contributed by atoms with Gasteiger partial charge in [0.2, 0.25) is 0 Å². The van der Waals surface area contributed by atoms with Gasteiger partial charge >= 0.3 is 0 Å². The first-order chi connectivity index (χ1) is 8.26. The molecule has 1 heterocycles. The number of aliphatic hydroxyl groups is 1. The van der Waals surface area contributed by atoms with Crippen LogP contribution in [0.5, 0.6) is 0 Å². The highest BCUT2D eigenvalue weighted by Gasteiger charge is 2.20. The molecule has 18 heavy (non-hydrogen) atoms. The van der Waals surface area contributed by atoms with Crippen LogP contribution in [-0.2, 0) is 0 Å². The first kappa shape index (κ1) is 14.9. The Hall–Kier alpha value is -1.20. The zero-order chi connectivity index (χ0) is 13.9. The largest absolute Gasteiger partial charge is 0.389 e. The summed E-state index contributed by atoms with van der Waals surface area (Å²) >= 11 is 0. The summed E-state index contributed by atoms with van der Waals surface area (Å²) in [5.41, 5.74) is 0.489. The second-order valence-electron chi connectivity index (χ2n) is 5.10. The maximum absolute atomic E-state index is 11.9. The van der Waals surface area contributed by atoms with Crippen molar-refractivity contribution in [3.8, 4) is 0 Å². The highest BCUT2D eigenvalue weighted by atomic mass is 16.3. The second-order valence-corrected chi connectivity index (χ2v) is 5.10. The molecule has 0 bridgehead atoms. The smallest absolute Gasteiger partial charge is 0.255 e. The fourth-order valence-electron chi connectivity index (χ4n) is 1.85. The normalized spacial score (nSPS) is 16.3. The van der Waals surface area contributed by atoms with Gasteiger partial charge in [-0.15, -0.1) is 0 Å². The molecule has 0 spiro atoms. The van der Waals surface area contributed by atoms with Crippen LogP contribution in [0.25, 0.3) is 0 Å². The Labute approximate surface area is 108 Å². The Balaban J connectivity index is 2.86. The summed E-state index contributed by atoms with van der Waals surface area (Å²) in [5.74, 6) is 0.619. The van der Waals surface area contributed by atoms with Crippen molar-refractivity contribution < 1.29 is 5.11 Å². The molecule has 0 amide bonds. The van der Waals surface area contributed by atoms with E-state index < -0.39 is 5.60 Å². The van der Waals surface area contributed by atoms with Crippen LogP contribution in [0.1, 0.15) is 50.3 Å². The maximum Gasteiger partial charge on any atom is 0.255 e. The third kappa shape index (κ3) is 3.65. The Kier molecular flexibility index (Phi) is 4.65. The number of aryl methyl sites for hydroxylation is 2. The molecule has 1 aromatic rings. The van der Waals surface area contributed by atoms with Gasteiger partial charge in [-0.3, -0.25) is 4.79 Å². The lowest BCUT2D eigenvalue weighted by Gasteiger charge is -2.24. The van der Waals surface area contributed by atoms with E-state index in [4.69, 9.17) is 0 Å². The van der Waals surface area contributed by atoms with Crippen LogP contribution < -0.4 is 10.9 Å². The minimum Gasteiger partial charge on any atom is -0.389 e. The van der Waals surface area contributed by atoms with E-state index in [1.54, 1.807) is 13.8 Å². The minimum absolute atomic E-state index is 0.115. The molecule has 1 aromatic heterocycles. The Morgan fingerprint density at radius 2 is 2.11 bits per heavy atom. The lowest BCUT2D eigenvalue weighted by atomic mass is 10.0. The molecule has 0 aliphatic rings. The van der Waals surface area contributed by atoms with Crippen LogP contribution in [0.4, 0.5) is 0 Å². The molecule has 1 rings (SSSR count). The van der Waals surface area contributed by atoms with Gasteiger partial charge < -0.3 is 15.4 Å². The number of hydrogen-bond acceptors (Lipinski definition) is 4. The van der Waals surface area contributed by atoms with Crippen molar-refractivity contribution in [3.05, 3.63) is 27.4 Å². The quantitative estimate of drug-likeness (QED) is 0.737. The number of hydrogen-bond donors (Lipinski definition) is 3. The number of aromatic amines is 1. The molecular formula is C13H23N3O2. The predicted octanol–water partition coefficient (Wildman–Crippen LogP) is 1.20. The Morgan fingerprint density at radius 3 is 2.61 bits per heavy atom. The van der Waals surface area contributed by atoms with Crippen LogP contribution >= 0.6 is 0 Å². The summed E-state index contributed by atoms with van der Waals surface area (Å²) in [6.07, 6.45) is 0.661. The second kappa shape index (κ2) is 5.63.